The first-order valence-corrected chi connectivity index (χ1v) is 8.29. The summed E-state index contributed by atoms with van der Waals surface area (Å²) in [5, 5.41) is 0. The van der Waals surface area contributed by atoms with Gasteiger partial charge in [-0.3, -0.25) is 4.90 Å². The molecule has 0 spiro atoms. The number of para-hydroxylation sites is 1. The van der Waals surface area contributed by atoms with Gasteiger partial charge in [-0.1, -0.05) is 18.2 Å². The number of ether oxygens (including phenoxy) is 3. The number of anilines is 1. The lowest BCUT2D eigenvalue weighted by Gasteiger charge is -2.31. The van der Waals surface area contributed by atoms with Gasteiger partial charge in [-0.15, -0.1) is 0 Å². The standard InChI is InChI=1S/C19H25N3O4/c1-13(17-20-15(24-5)12-16(21-17)25-6)22(14-10-8-7-9-11-14)18(23)26-19(2,3)4/h7-13H,1-6H3. The molecule has 2 aromatic rings. The van der Waals surface area contributed by atoms with Crippen LogP contribution < -0.4 is 14.4 Å². The predicted molar refractivity (Wildman–Crippen MR) is 98.7 cm³/mol. The van der Waals surface area contributed by atoms with Crippen molar-refractivity contribution in [2.24, 2.45) is 0 Å². The molecule has 0 aliphatic carbocycles. The molecule has 0 aliphatic rings. The number of amides is 1. The number of benzene rings is 1. The molecule has 1 aromatic carbocycles. The van der Waals surface area contributed by atoms with E-state index >= 15 is 0 Å². The molecule has 0 N–H and O–H groups in total. The highest BCUT2D eigenvalue weighted by atomic mass is 16.6. The molecule has 1 amide bonds. The van der Waals surface area contributed by atoms with E-state index in [2.05, 4.69) is 9.97 Å². The zero-order chi connectivity index (χ0) is 19.3. The number of methoxy groups -OCH3 is 2. The molecule has 1 unspecified atom stereocenters. The van der Waals surface area contributed by atoms with E-state index < -0.39 is 17.7 Å². The van der Waals surface area contributed by atoms with Crippen molar-refractivity contribution >= 4 is 11.8 Å². The lowest BCUT2D eigenvalue weighted by molar-refractivity contribution is 0.0565. The highest BCUT2D eigenvalue weighted by Gasteiger charge is 2.30. The van der Waals surface area contributed by atoms with Crippen molar-refractivity contribution in [3.8, 4) is 11.8 Å². The van der Waals surface area contributed by atoms with Crippen molar-refractivity contribution in [3.05, 3.63) is 42.2 Å². The van der Waals surface area contributed by atoms with Crippen LogP contribution in [-0.2, 0) is 4.74 Å². The Hall–Kier alpha value is -2.83. The molecule has 0 radical (unpaired) electrons. The number of rotatable bonds is 5. The largest absolute Gasteiger partial charge is 0.481 e. The van der Waals surface area contributed by atoms with Crippen LogP contribution in [0.4, 0.5) is 10.5 Å². The molecule has 0 saturated carbocycles. The van der Waals surface area contributed by atoms with Gasteiger partial charge in [-0.05, 0) is 39.8 Å². The van der Waals surface area contributed by atoms with Crippen LogP contribution in [0.25, 0.3) is 0 Å². The SMILES string of the molecule is COc1cc(OC)nc(C(C)N(C(=O)OC(C)(C)C)c2ccccc2)n1. The zero-order valence-corrected chi connectivity index (χ0v) is 16.0. The molecule has 1 atom stereocenters. The summed E-state index contributed by atoms with van der Waals surface area (Å²) in [6.45, 7) is 7.29. The fourth-order valence-corrected chi connectivity index (χ4v) is 2.32. The van der Waals surface area contributed by atoms with Crippen LogP contribution in [0.5, 0.6) is 11.8 Å². The third-order valence-electron chi connectivity index (χ3n) is 3.50. The maximum absolute atomic E-state index is 12.9. The molecule has 0 fully saturated rings. The Labute approximate surface area is 153 Å². The van der Waals surface area contributed by atoms with Crippen molar-refractivity contribution in [2.45, 2.75) is 39.3 Å². The van der Waals surface area contributed by atoms with E-state index in [9.17, 15) is 4.79 Å². The van der Waals surface area contributed by atoms with E-state index in [1.54, 1.807) is 6.07 Å². The first-order valence-electron chi connectivity index (χ1n) is 8.29. The molecule has 0 saturated heterocycles. The molecule has 0 aliphatic heterocycles. The van der Waals surface area contributed by atoms with E-state index in [1.807, 2.05) is 58.0 Å². The van der Waals surface area contributed by atoms with Gasteiger partial charge in [0.25, 0.3) is 0 Å². The fourth-order valence-electron chi connectivity index (χ4n) is 2.32. The van der Waals surface area contributed by atoms with E-state index in [0.717, 1.165) is 0 Å². The summed E-state index contributed by atoms with van der Waals surface area (Å²) in [5.41, 5.74) is 0.0520. The second-order valence-electron chi connectivity index (χ2n) is 6.67. The molecule has 1 heterocycles. The monoisotopic (exact) mass is 359 g/mol. The number of nitrogens with zero attached hydrogens (tertiary/aromatic N) is 3. The second kappa shape index (κ2) is 8.03. The molecule has 1 aromatic heterocycles. The van der Waals surface area contributed by atoms with Crippen molar-refractivity contribution in [1.82, 2.24) is 9.97 Å². The smallest absolute Gasteiger partial charge is 0.415 e. The quantitative estimate of drug-likeness (QED) is 0.803. The Kier molecular flexibility index (Phi) is 6.02. The zero-order valence-electron chi connectivity index (χ0n) is 16.0. The molecule has 7 nitrogen and oxygen atoms in total. The van der Waals surface area contributed by atoms with Crippen LogP contribution in [0.1, 0.15) is 39.6 Å². The van der Waals surface area contributed by atoms with Gasteiger partial charge in [0.05, 0.1) is 26.3 Å². The van der Waals surface area contributed by atoms with Crippen molar-refractivity contribution in [1.29, 1.82) is 0 Å². The minimum atomic E-state index is -0.628. The minimum Gasteiger partial charge on any atom is -0.481 e. The minimum absolute atomic E-state index is 0.357. The number of carbonyl (C=O) groups is 1. The predicted octanol–water partition coefficient (Wildman–Crippen LogP) is 4.00. The van der Waals surface area contributed by atoms with Crippen LogP contribution >= 0.6 is 0 Å². The van der Waals surface area contributed by atoms with Gasteiger partial charge in [0.2, 0.25) is 11.8 Å². The summed E-state index contributed by atoms with van der Waals surface area (Å²) in [7, 11) is 3.03. The van der Waals surface area contributed by atoms with Crippen molar-refractivity contribution in [2.75, 3.05) is 19.1 Å². The Morgan fingerprint density at radius 2 is 1.58 bits per heavy atom. The maximum Gasteiger partial charge on any atom is 0.415 e. The fraction of sp³-hybridized carbons (Fsp3) is 0.421. The van der Waals surface area contributed by atoms with Crippen LogP contribution in [0.2, 0.25) is 0 Å². The molecular weight excluding hydrogens is 334 g/mol. The van der Waals surface area contributed by atoms with Crippen LogP contribution in [0, 0.1) is 0 Å². The van der Waals surface area contributed by atoms with E-state index in [-0.39, 0.29) is 0 Å². The van der Waals surface area contributed by atoms with Crippen LogP contribution in [-0.4, -0.2) is 35.9 Å². The summed E-state index contributed by atoms with van der Waals surface area (Å²) in [6, 6.07) is 10.3. The van der Waals surface area contributed by atoms with Gasteiger partial charge in [0.15, 0.2) is 5.82 Å². The molecule has 0 bridgehead atoms. The summed E-state index contributed by atoms with van der Waals surface area (Å²) in [4.78, 5) is 23.1. The van der Waals surface area contributed by atoms with E-state index in [0.29, 0.717) is 23.3 Å². The summed E-state index contributed by atoms with van der Waals surface area (Å²) in [5.74, 6) is 1.10. The molecule has 26 heavy (non-hydrogen) atoms. The van der Waals surface area contributed by atoms with Gasteiger partial charge in [-0.2, -0.15) is 9.97 Å². The van der Waals surface area contributed by atoms with Gasteiger partial charge < -0.3 is 14.2 Å². The summed E-state index contributed by atoms with van der Waals surface area (Å²) in [6.07, 6.45) is -0.485. The normalized spacial score (nSPS) is 12.2. The number of aromatic nitrogens is 2. The number of hydrogen-bond acceptors (Lipinski definition) is 6. The van der Waals surface area contributed by atoms with Gasteiger partial charge in [0, 0.05) is 5.69 Å². The van der Waals surface area contributed by atoms with Gasteiger partial charge in [-0.25, -0.2) is 4.79 Å². The molecular formula is C19H25N3O4. The van der Waals surface area contributed by atoms with E-state index in [4.69, 9.17) is 14.2 Å². The highest BCUT2D eigenvalue weighted by molar-refractivity contribution is 5.88. The van der Waals surface area contributed by atoms with Crippen LogP contribution in [0.15, 0.2) is 36.4 Å². The first kappa shape index (κ1) is 19.5. The Morgan fingerprint density at radius 3 is 2.04 bits per heavy atom. The third-order valence-corrected chi connectivity index (χ3v) is 3.50. The molecule has 7 heteroatoms. The topological polar surface area (TPSA) is 73.8 Å². The van der Waals surface area contributed by atoms with Gasteiger partial charge in [0.1, 0.15) is 5.60 Å². The third kappa shape index (κ3) is 4.84. The van der Waals surface area contributed by atoms with Crippen molar-refractivity contribution < 1.29 is 19.0 Å². The van der Waals surface area contributed by atoms with Gasteiger partial charge >= 0.3 is 6.09 Å². The first-order chi connectivity index (χ1) is 12.2. The molecule has 140 valence electrons. The average molecular weight is 359 g/mol. The Balaban J connectivity index is 2.46. The second-order valence-corrected chi connectivity index (χ2v) is 6.67. The Morgan fingerprint density at radius 1 is 1.04 bits per heavy atom. The van der Waals surface area contributed by atoms with Crippen LogP contribution in [0.3, 0.4) is 0 Å². The lowest BCUT2D eigenvalue weighted by atomic mass is 10.2. The Bertz CT molecular complexity index is 722. The van der Waals surface area contributed by atoms with E-state index in [1.165, 1.54) is 19.1 Å². The van der Waals surface area contributed by atoms with Crippen molar-refractivity contribution in [3.63, 3.8) is 0 Å². The highest BCUT2D eigenvalue weighted by Crippen LogP contribution is 2.29. The number of carbonyl (C=O) groups excluding carboxylic acids is 1. The summed E-state index contributed by atoms with van der Waals surface area (Å²) < 4.78 is 16.0. The number of hydrogen-bond donors (Lipinski definition) is 0. The summed E-state index contributed by atoms with van der Waals surface area (Å²) >= 11 is 0. The maximum atomic E-state index is 12.9. The molecule has 2 rings (SSSR count). The lowest BCUT2D eigenvalue weighted by Crippen LogP contribution is -2.39. The average Bonchev–Trinajstić information content (AvgIpc) is 2.60.